The topological polar surface area (TPSA) is 35.2 Å². The summed E-state index contributed by atoms with van der Waals surface area (Å²) in [5.41, 5.74) is 7.04. The minimum atomic E-state index is 0.133. The van der Waals surface area contributed by atoms with Crippen molar-refractivity contribution in [3.05, 3.63) is 50.6 Å². The van der Waals surface area contributed by atoms with Gasteiger partial charge in [-0.1, -0.05) is 18.2 Å². The molecule has 0 saturated carbocycles. The van der Waals surface area contributed by atoms with E-state index in [9.17, 15) is 0 Å². The van der Waals surface area contributed by atoms with Gasteiger partial charge in [0.05, 0.1) is 11.1 Å². The van der Waals surface area contributed by atoms with Crippen LogP contribution >= 0.6 is 27.3 Å². The van der Waals surface area contributed by atoms with Gasteiger partial charge in [0, 0.05) is 17.3 Å². The second kappa shape index (κ2) is 7.08. The molecule has 0 aliphatic heterocycles. The van der Waals surface area contributed by atoms with Crippen LogP contribution in [0.3, 0.4) is 0 Å². The normalized spacial score (nSPS) is 12.4. The molecule has 0 saturated heterocycles. The number of nitrogens with two attached hydrogens (primary N) is 1. The first-order valence-corrected chi connectivity index (χ1v) is 8.02. The number of halogens is 1. The van der Waals surface area contributed by atoms with E-state index in [0.29, 0.717) is 6.61 Å². The minimum Gasteiger partial charge on any atom is -0.492 e. The van der Waals surface area contributed by atoms with Gasteiger partial charge in [0.25, 0.3) is 0 Å². The number of ether oxygens (including phenoxy) is 1. The first kappa shape index (κ1) is 14.6. The molecule has 2 N–H and O–H groups in total. The SMILES string of the molecule is CC(N)Cc1cccc(Br)c1OCCc1cccs1. The summed E-state index contributed by atoms with van der Waals surface area (Å²) in [6.45, 7) is 2.70. The molecule has 0 fully saturated rings. The summed E-state index contributed by atoms with van der Waals surface area (Å²) >= 11 is 5.32. The molecule has 1 heterocycles. The van der Waals surface area contributed by atoms with E-state index in [0.717, 1.165) is 28.6 Å². The van der Waals surface area contributed by atoms with Gasteiger partial charge >= 0.3 is 0 Å². The molecular weight excluding hydrogens is 322 g/mol. The smallest absolute Gasteiger partial charge is 0.136 e. The van der Waals surface area contributed by atoms with E-state index in [1.807, 2.05) is 19.1 Å². The number of benzene rings is 1. The summed E-state index contributed by atoms with van der Waals surface area (Å²) in [5, 5.41) is 2.09. The summed E-state index contributed by atoms with van der Waals surface area (Å²) in [4.78, 5) is 1.35. The highest BCUT2D eigenvalue weighted by Crippen LogP contribution is 2.30. The summed E-state index contributed by atoms with van der Waals surface area (Å²) < 4.78 is 6.94. The first-order valence-electron chi connectivity index (χ1n) is 6.35. The van der Waals surface area contributed by atoms with Crippen molar-refractivity contribution in [3.8, 4) is 5.75 Å². The van der Waals surface area contributed by atoms with Crippen molar-refractivity contribution >= 4 is 27.3 Å². The van der Waals surface area contributed by atoms with Gasteiger partial charge < -0.3 is 10.5 Å². The molecule has 19 heavy (non-hydrogen) atoms. The second-order valence-corrected chi connectivity index (χ2v) is 6.47. The highest BCUT2D eigenvalue weighted by atomic mass is 79.9. The lowest BCUT2D eigenvalue weighted by atomic mass is 10.1. The van der Waals surface area contributed by atoms with Crippen LogP contribution in [0.4, 0.5) is 0 Å². The van der Waals surface area contributed by atoms with Crippen molar-refractivity contribution in [1.82, 2.24) is 0 Å². The summed E-state index contributed by atoms with van der Waals surface area (Å²) in [5.74, 6) is 0.927. The molecular formula is C15H18BrNOS. The molecule has 0 spiro atoms. The van der Waals surface area contributed by atoms with Crippen LogP contribution in [0.2, 0.25) is 0 Å². The van der Waals surface area contributed by atoms with E-state index in [4.69, 9.17) is 10.5 Å². The van der Waals surface area contributed by atoms with Crippen molar-refractivity contribution in [3.63, 3.8) is 0 Å². The second-order valence-electron chi connectivity index (χ2n) is 4.59. The minimum absolute atomic E-state index is 0.133. The predicted octanol–water partition coefficient (Wildman–Crippen LogP) is 4.02. The summed E-state index contributed by atoms with van der Waals surface area (Å²) in [6.07, 6.45) is 1.77. The van der Waals surface area contributed by atoms with Crippen molar-refractivity contribution in [2.75, 3.05) is 6.61 Å². The van der Waals surface area contributed by atoms with E-state index in [-0.39, 0.29) is 6.04 Å². The molecule has 4 heteroatoms. The molecule has 0 radical (unpaired) electrons. The quantitative estimate of drug-likeness (QED) is 0.862. The number of thiophene rings is 1. The maximum Gasteiger partial charge on any atom is 0.136 e. The van der Waals surface area contributed by atoms with E-state index in [2.05, 4.69) is 39.5 Å². The molecule has 0 aliphatic rings. The van der Waals surface area contributed by atoms with Crippen LogP contribution in [0.5, 0.6) is 5.75 Å². The Bertz CT molecular complexity index is 511. The van der Waals surface area contributed by atoms with E-state index in [1.54, 1.807) is 11.3 Å². The van der Waals surface area contributed by atoms with Crippen LogP contribution in [0, 0.1) is 0 Å². The Morgan fingerprint density at radius 2 is 2.16 bits per heavy atom. The van der Waals surface area contributed by atoms with Gasteiger partial charge in [0.1, 0.15) is 5.75 Å². The fraction of sp³-hybridized carbons (Fsp3) is 0.333. The van der Waals surface area contributed by atoms with Gasteiger partial charge in [-0.2, -0.15) is 0 Å². The lowest BCUT2D eigenvalue weighted by Gasteiger charge is -2.14. The van der Waals surface area contributed by atoms with Crippen LogP contribution in [0.1, 0.15) is 17.4 Å². The molecule has 0 aliphatic carbocycles. The lowest BCUT2D eigenvalue weighted by Crippen LogP contribution is -2.18. The summed E-state index contributed by atoms with van der Waals surface area (Å²) in [7, 11) is 0. The molecule has 1 aromatic carbocycles. The standard InChI is InChI=1S/C15H18BrNOS/c1-11(17)10-12-4-2-6-14(16)15(12)18-8-7-13-5-3-9-19-13/h2-6,9,11H,7-8,10,17H2,1H3. The predicted molar refractivity (Wildman–Crippen MR) is 85.0 cm³/mol. The number of hydrogen-bond acceptors (Lipinski definition) is 3. The third-order valence-electron chi connectivity index (χ3n) is 2.77. The van der Waals surface area contributed by atoms with Gasteiger partial charge in [0.2, 0.25) is 0 Å². The van der Waals surface area contributed by atoms with Crippen LogP contribution in [-0.2, 0) is 12.8 Å². The van der Waals surface area contributed by atoms with Crippen molar-refractivity contribution in [1.29, 1.82) is 0 Å². The van der Waals surface area contributed by atoms with Gasteiger partial charge in [-0.25, -0.2) is 0 Å². The van der Waals surface area contributed by atoms with Gasteiger partial charge in [-0.05, 0) is 52.4 Å². The summed E-state index contributed by atoms with van der Waals surface area (Å²) in [6, 6.07) is 10.4. The third kappa shape index (κ3) is 4.34. The van der Waals surface area contributed by atoms with E-state index < -0.39 is 0 Å². The maximum atomic E-state index is 5.95. The fourth-order valence-electron chi connectivity index (χ4n) is 1.93. The number of hydrogen-bond donors (Lipinski definition) is 1. The zero-order chi connectivity index (χ0) is 13.7. The maximum absolute atomic E-state index is 5.95. The molecule has 2 aromatic rings. The van der Waals surface area contributed by atoms with Crippen molar-refractivity contribution in [2.45, 2.75) is 25.8 Å². The Morgan fingerprint density at radius 3 is 2.84 bits per heavy atom. The van der Waals surface area contributed by atoms with Crippen molar-refractivity contribution < 1.29 is 4.74 Å². The lowest BCUT2D eigenvalue weighted by molar-refractivity contribution is 0.317. The monoisotopic (exact) mass is 339 g/mol. The van der Waals surface area contributed by atoms with Crippen molar-refractivity contribution in [2.24, 2.45) is 5.73 Å². The largest absolute Gasteiger partial charge is 0.492 e. The molecule has 1 atom stereocenters. The van der Waals surface area contributed by atoms with Gasteiger partial charge in [-0.3, -0.25) is 0 Å². The Morgan fingerprint density at radius 1 is 1.32 bits per heavy atom. The molecule has 2 rings (SSSR count). The first-order chi connectivity index (χ1) is 9.16. The zero-order valence-corrected chi connectivity index (χ0v) is 13.3. The van der Waals surface area contributed by atoms with E-state index >= 15 is 0 Å². The van der Waals surface area contributed by atoms with Crippen LogP contribution in [0.15, 0.2) is 40.2 Å². The highest BCUT2D eigenvalue weighted by molar-refractivity contribution is 9.10. The fourth-order valence-corrected chi connectivity index (χ4v) is 3.14. The highest BCUT2D eigenvalue weighted by Gasteiger charge is 2.10. The molecule has 2 nitrogen and oxygen atoms in total. The molecule has 1 unspecified atom stereocenters. The van der Waals surface area contributed by atoms with Crippen LogP contribution < -0.4 is 10.5 Å². The van der Waals surface area contributed by atoms with Gasteiger partial charge in [-0.15, -0.1) is 11.3 Å². The number of rotatable bonds is 6. The Hall–Kier alpha value is -0.840. The van der Waals surface area contributed by atoms with Crippen LogP contribution in [0.25, 0.3) is 0 Å². The van der Waals surface area contributed by atoms with Gasteiger partial charge in [0.15, 0.2) is 0 Å². The number of para-hydroxylation sites is 1. The average molecular weight is 340 g/mol. The molecule has 0 bridgehead atoms. The average Bonchev–Trinajstić information content (AvgIpc) is 2.85. The van der Waals surface area contributed by atoms with E-state index in [1.165, 1.54) is 4.88 Å². The third-order valence-corrected chi connectivity index (χ3v) is 4.33. The molecule has 1 aromatic heterocycles. The van der Waals surface area contributed by atoms with Crippen LogP contribution in [-0.4, -0.2) is 12.6 Å². The Balaban J connectivity index is 2.01. The Labute approximate surface area is 126 Å². The zero-order valence-electron chi connectivity index (χ0n) is 10.9. The molecule has 102 valence electrons. The Kier molecular flexibility index (Phi) is 5.43. The molecule has 0 amide bonds.